The minimum absolute atomic E-state index is 0.0828. The third-order valence-electron chi connectivity index (χ3n) is 4.56. The molecule has 9 nitrogen and oxygen atoms in total. The minimum atomic E-state index is -0.622. The van der Waals surface area contributed by atoms with Gasteiger partial charge in [-0.15, -0.1) is 0 Å². The summed E-state index contributed by atoms with van der Waals surface area (Å²) in [4.78, 5) is 50.7. The van der Waals surface area contributed by atoms with Crippen LogP contribution in [0.15, 0.2) is 47.4 Å². The second-order valence-corrected chi connectivity index (χ2v) is 8.56. The van der Waals surface area contributed by atoms with E-state index in [9.17, 15) is 19.2 Å². The van der Waals surface area contributed by atoms with Gasteiger partial charge in [0.15, 0.2) is 6.61 Å². The zero-order valence-corrected chi connectivity index (χ0v) is 20.1. The highest BCUT2D eigenvalue weighted by molar-refractivity contribution is 8.18. The van der Waals surface area contributed by atoms with Crippen LogP contribution in [0.1, 0.15) is 29.3 Å². The van der Waals surface area contributed by atoms with Crippen molar-refractivity contribution in [1.82, 2.24) is 4.90 Å². The number of nitrogens with one attached hydrogen (secondary N) is 1. The van der Waals surface area contributed by atoms with Gasteiger partial charge in [0, 0.05) is 5.69 Å². The molecule has 180 valence electrons. The summed E-state index contributed by atoms with van der Waals surface area (Å²) in [6, 6.07) is 12.8. The molecular formula is C24H20ClN3O6S. The van der Waals surface area contributed by atoms with Crippen molar-refractivity contribution < 1.29 is 28.7 Å². The van der Waals surface area contributed by atoms with Crippen molar-refractivity contribution in [1.29, 1.82) is 5.26 Å². The number of esters is 1. The summed E-state index contributed by atoms with van der Waals surface area (Å²) < 4.78 is 10.3. The first-order chi connectivity index (χ1) is 16.8. The number of anilines is 1. The van der Waals surface area contributed by atoms with Gasteiger partial charge in [0.1, 0.15) is 18.4 Å². The Morgan fingerprint density at radius 2 is 1.94 bits per heavy atom. The molecule has 0 aliphatic carbocycles. The lowest BCUT2D eigenvalue weighted by atomic mass is 10.2. The zero-order chi connectivity index (χ0) is 25.4. The van der Waals surface area contributed by atoms with E-state index in [2.05, 4.69) is 5.32 Å². The third-order valence-corrected chi connectivity index (χ3v) is 5.80. The third kappa shape index (κ3) is 6.85. The molecule has 0 radical (unpaired) electrons. The quantitative estimate of drug-likeness (QED) is 0.384. The van der Waals surface area contributed by atoms with E-state index in [-0.39, 0.29) is 34.4 Å². The van der Waals surface area contributed by atoms with Gasteiger partial charge in [-0.05, 0) is 60.2 Å². The Hall–Kier alpha value is -3.81. The summed E-state index contributed by atoms with van der Waals surface area (Å²) in [5.74, 6) is -1.34. The Bertz CT molecular complexity index is 1220. The maximum Gasteiger partial charge on any atom is 0.339 e. The number of imide groups is 1. The number of nitrogens with zero attached hydrogens (tertiary/aromatic N) is 2. The Morgan fingerprint density at radius 1 is 1.20 bits per heavy atom. The van der Waals surface area contributed by atoms with Crippen molar-refractivity contribution in [2.75, 3.05) is 25.1 Å². The van der Waals surface area contributed by atoms with Gasteiger partial charge in [0.05, 0.1) is 22.1 Å². The molecule has 1 fully saturated rings. The molecule has 0 saturated carbocycles. The second kappa shape index (κ2) is 12.1. The fourth-order valence-electron chi connectivity index (χ4n) is 2.94. The van der Waals surface area contributed by atoms with E-state index in [1.54, 1.807) is 24.3 Å². The molecular weight excluding hydrogens is 494 g/mol. The van der Waals surface area contributed by atoms with Crippen LogP contribution in [-0.4, -0.2) is 47.7 Å². The molecule has 0 spiro atoms. The topological polar surface area (TPSA) is 126 Å². The molecule has 1 heterocycles. The highest BCUT2D eigenvalue weighted by Gasteiger charge is 2.36. The van der Waals surface area contributed by atoms with Crippen molar-refractivity contribution in [2.45, 2.75) is 13.3 Å². The van der Waals surface area contributed by atoms with Crippen molar-refractivity contribution in [2.24, 2.45) is 0 Å². The number of benzene rings is 2. The fraction of sp³-hybridized carbons (Fsp3) is 0.208. The van der Waals surface area contributed by atoms with E-state index in [1.165, 1.54) is 24.3 Å². The van der Waals surface area contributed by atoms with E-state index in [4.69, 9.17) is 26.3 Å². The monoisotopic (exact) mass is 513 g/mol. The Kier molecular flexibility index (Phi) is 8.89. The highest BCUT2D eigenvalue weighted by atomic mass is 35.5. The Labute approximate surface area is 210 Å². The van der Waals surface area contributed by atoms with E-state index in [0.717, 1.165) is 16.7 Å². The molecule has 1 aliphatic heterocycles. The summed E-state index contributed by atoms with van der Waals surface area (Å²) in [5, 5.41) is 10.7. The van der Waals surface area contributed by atoms with E-state index >= 15 is 0 Å². The van der Waals surface area contributed by atoms with Gasteiger partial charge in [-0.2, -0.15) is 5.26 Å². The van der Waals surface area contributed by atoms with Crippen LogP contribution in [0.25, 0.3) is 6.08 Å². The molecule has 35 heavy (non-hydrogen) atoms. The normalized spacial score (nSPS) is 14.1. The molecule has 1 aliphatic rings. The number of carbonyl (C=O) groups excluding carboxylic acids is 4. The lowest BCUT2D eigenvalue weighted by Crippen LogP contribution is -2.36. The predicted octanol–water partition coefficient (Wildman–Crippen LogP) is 4.48. The summed E-state index contributed by atoms with van der Waals surface area (Å²) >= 11 is 6.78. The van der Waals surface area contributed by atoms with Gasteiger partial charge in [-0.1, -0.05) is 30.7 Å². The van der Waals surface area contributed by atoms with Crippen LogP contribution in [0.5, 0.6) is 5.75 Å². The van der Waals surface area contributed by atoms with Crippen molar-refractivity contribution >= 4 is 58.1 Å². The number of rotatable bonds is 9. The van der Waals surface area contributed by atoms with Gasteiger partial charge in [-0.3, -0.25) is 19.3 Å². The molecule has 0 aromatic heterocycles. The fourth-order valence-corrected chi connectivity index (χ4v) is 3.97. The van der Waals surface area contributed by atoms with Gasteiger partial charge in [-0.25, -0.2) is 4.79 Å². The van der Waals surface area contributed by atoms with Crippen molar-refractivity contribution in [3.8, 4) is 11.8 Å². The molecule has 1 N–H and O–H groups in total. The highest BCUT2D eigenvalue weighted by Crippen LogP contribution is 2.32. The SMILES string of the molecule is CCCOC(=O)c1cc(NC(=O)CN2C(=O)S/C(=C\c3ccc(OCC#N)cc3)C2=O)ccc1Cl. The first-order valence-corrected chi connectivity index (χ1v) is 11.6. The molecule has 3 rings (SSSR count). The summed E-state index contributed by atoms with van der Waals surface area (Å²) in [6.45, 7) is 1.51. The predicted molar refractivity (Wildman–Crippen MR) is 131 cm³/mol. The van der Waals surface area contributed by atoms with E-state index < -0.39 is 29.6 Å². The minimum Gasteiger partial charge on any atom is -0.479 e. The van der Waals surface area contributed by atoms with Gasteiger partial charge in [0.2, 0.25) is 5.91 Å². The molecule has 3 amide bonds. The van der Waals surface area contributed by atoms with Crippen LogP contribution in [0.4, 0.5) is 10.5 Å². The van der Waals surface area contributed by atoms with Crippen LogP contribution >= 0.6 is 23.4 Å². The summed E-state index contributed by atoms with van der Waals surface area (Å²) in [5.41, 5.74) is 1.01. The van der Waals surface area contributed by atoms with Crippen LogP contribution in [0, 0.1) is 11.3 Å². The van der Waals surface area contributed by atoms with Gasteiger partial charge < -0.3 is 14.8 Å². The number of nitriles is 1. The van der Waals surface area contributed by atoms with Crippen LogP contribution in [-0.2, 0) is 14.3 Å². The van der Waals surface area contributed by atoms with Gasteiger partial charge >= 0.3 is 5.97 Å². The maximum atomic E-state index is 12.7. The van der Waals surface area contributed by atoms with Gasteiger partial charge in [0.25, 0.3) is 11.1 Å². The average molecular weight is 514 g/mol. The molecule has 0 unspecified atom stereocenters. The van der Waals surface area contributed by atoms with Crippen molar-refractivity contribution in [3.05, 3.63) is 63.5 Å². The van der Waals surface area contributed by atoms with E-state index in [0.29, 0.717) is 17.7 Å². The smallest absolute Gasteiger partial charge is 0.339 e. The number of hydrogen-bond donors (Lipinski definition) is 1. The van der Waals surface area contributed by atoms with Crippen LogP contribution in [0.2, 0.25) is 5.02 Å². The largest absolute Gasteiger partial charge is 0.479 e. The zero-order valence-electron chi connectivity index (χ0n) is 18.6. The van der Waals surface area contributed by atoms with Crippen LogP contribution < -0.4 is 10.1 Å². The first-order valence-electron chi connectivity index (χ1n) is 10.4. The lowest BCUT2D eigenvalue weighted by molar-refractivity contribution is -0.127. The molecule has 2 aromatic carbocycles. The van der Waals surface area contributed by atoms with Crippen molar-refractivity contribution in [3.63, 3.8) is 0 Å². The average Bonchev–Trinajstić information content (AvgIpc) is 3.10. The number of carbonyl (C=O) groups is 4. The standard InChI is InChI=1S/C24H20ClN3O6S/c1-2-10-34-23(31)18-13-16(5-8-19(18)25)27-21(29)14-28-22(30)20(35-24(28)32)12-15-3-6-17(7-4-15)33-11-9-26/h3-8,12-13H,2,10-11,14H2,1H3,(H,27,29)/b20-12-. The molecule has 11 heteroatoms. The summed E-state index contributed by atoms with van der Waals surface area (Å²) in [7, 11) is 0. The summed E-state index contributed by atoms with van der Waals surface area (Å²) in [6.07, 6.45) is 2.18. The molecule has 0 atom stereocenters. The van der Waals surface area contributed by atoms with Crippen LogP contribution in [0.3, 0.4) is 0 Å². The Morgan fingerprint density at radius 3 is 2.63 bits per heavy atom. The molecule has 2 aromatic rings. The number of ether oxygens (including phenoxy) is 2. The number of halogens is 1. The number of thioether (sulfide) groups is 1. The lowest BCUT2D eigenvalue weighted by Gasteiger charge is -2.13. The molecule has 0 bridgehead atoms. The first kappa shape index (κ1) is 25.8. The number of amides is 3. The second-order valence-electron chi connectivity index (χ2n) is 7.16. The number of hydrogen-bond acceptors (Lipinski definition) is 8. The Balaban J connectivity index is 1.64. The molecule has 1 saturated heterocycles. The van der Waals surface area contributed by atoms with E-state index in [1.807, 2.05) is 13.0 Å². The maximum absolute atomic E-state index is 12.7.